The molecule has 0 atom stereocenters. The number of aromatic nitrogens is 3. The van der Waals surface area contributed by atoms with Crippen molar-refractivity contribution in [1.82, 2.24) is 25.2 Å². The summed E-state index contributed by atoms with van der Waals surface area (Å²) in [5, 5.41) is 4.25. The first kappa shape index (κ1) is 16.6. The molecule has 0 bridgehead atoms. The molecule has 0 unspecified atom stereocenters. The minimum Gasteiger partial charge on any atom is -0.495 e. The number of ether oxygens (including phenoxy) is 1. The number of nitrogens with zero attached hydrogens (tertiary/aromatic N) is 3. The Bertz CT molecular complexity index is 942. The van der Waals surface area contributed by atoms with Crippen molar-refractivity contribution >= 4 is 0 Å². The average Bonchev–Trinajstić information content (AvgIpc) is 3.33. The topological polar surface area (TPSA) is 73.1 Å². The molecule has 1 aliphatic heterocycles. The second kappa shape index (κ2) is 7.15. The van der Waals surface area contributed by atoms with Crippen LogP contribution in [0.15, 0.2) is 59.7 Å². The largest absolute Gasteiger partial charge is 0.495 e. The van der Waals surface area contributed by atoms with Crippen molar-refractivity contribution < 1.29 is 4.74 Å². The zero-order valence-electron chi connectivity index (χ0n) is 14.6. The van der Waals surface area contributed by atoms with Crippen LogP contribution in [0.5, 0.6) is 5.75 Å². The molecule has 3 aromatic rings. The van der Waals surface area contributed by atoms with Gasteiger partial charge in [-0.15, -0.1) is 0 Å². The second-order valence-electron chi connectivity index (χ2n) is 6.32. The highest BCUT2D eigenvalue weighted by atomic mass is 16.5. The van der Waals surface area contributed by atoms with E-state index in [0.29, 0.717) is 23.9 Å². The number of hydrogen-bond donors (Lipinski definition) is 2. The summed E-state index contributed by atoms with van der Waals surface area (Å²) < 4.78 is 8.52. The van der Waals surface area contributed by atoms with Gasteiger partial charge in [0.05, 0.1) is 19.3 Å². The molecule has 2 aromatic carbocycles. The standard InChI is InChI=1S/C19H21N5O2/c1-26-18-9-15(16-10-20-21-11-16)7-8-17(18)23-13-22-24(19(23)25)12-14-5-3-2-4-6-14/h2-9,13,16,20-21H,10-12H2,1H3. The molecule has 0 saturated carbocycles. The highest BCUT2D eigenvalue weighted by molar-refractivity contribution is 5.49. The Morgan fingerprint density at radius 2 is 1.92 bits per heavy atom. The summed E-state index contributed by atoms with van der Waals surface area (Å²) in [6, 6.07) is 15.8. The van der Waals surface area contributed by atoms with E-state index in [-0.39, 0.29) is 5.69 Å². The lowest BCUT2D eigenvalue weighted by Crippen LogP contribution is -2.24. The number of benzene rings is 2. The second-order valence-corrected chi connectivity index (χ2v) is 6.32. The van der Waals surface area contributed by atoms with Crippen LogP contribution in [-0.2, 0) is 6.54 Å². The maximum atomic E-state index is 12.8. The molecule has 1 saturated heterocycles. The van der Waals surface area contributed by atoms with Crippen LogP contribution in [0.25, 0.3) is 5.69 Å². The van der Waals surface area contributed by atoms with Gasteiger partial charge in [0.25, 0.3) is 0 Å². The Labute approximate surface area is 151 Å². The smallest absolute Gasteiger partial charge is 0.350 e. The first-order valence-electron chi connectivity index (χ1n) is 8.58. The van der Waals surface area contributed by atoms with Crippen LogP contribution in [0.2, 0.25) is 0 Å². The third kappa shape index (κ3) is 3.14. The van der Waals surface area contributed by atoms with Crippen molar-refractivity contribution in [3.63, 3.8) is 0 Å². The summed E-state index contributed by atoms with van der Waals surface area (Å²) in [6.45, 7) is 2.18. The number of nitrogens with one attached hydrogen (secondary N) is 2. The van der Waals surface area contributed by atoms with Gasteiger partial charge < -0.3 is 4.74 Å². The highest BCUT2D eigenvalue weighted by Crippen LogP contribution is 2.27. The van der Waals surface area contributed by atoms with Crippen LogP contribution < -0.4 is 21.3 Å². The van der Waals surface area contributed by atoms with E-state index in [9.17, 15) is 4.79 Å². The molecule has 0 amide bonds. The summed E-state index contributed by atoms with van der Waals surface area (Å²) in [7, 11) is 1.62. The molecule has 4 rings (SSSR count). The Hall–Kier alpha value is -2.90. The third-order valence-corrected chi connectivity index (χ3v) is 4.67. The van der Waals surface area contributed by atoms with Crippen LogP contribution in [0.3, 0.4) is 0 Å². The normalized spacial score (nSPS) is 14.7. The zero-order valence-corrected chi connectivity index (χ0v) is 14.6. The molecule has 26 heavy (non-hydrogen) atoms. The summed E-state index contributed by atoms with van der Waals surface area (Å²) >= 11 is 0. The Balaban J connectivity index is 1.66. The van der Waals surface area contributed by atoms with Gasteiger partial charge in [-0.05, 0) is 23.3 Å². The lowest BCUT2D eigenvalue weighted by molar-refractivity contribution is 0.411. The molecule has 0 aliphatic carbocycles. The molecular formula is C19H21N5O2. The van der Waals surface area contributed by atoms with Crippen molar-refractivity contribution in [3.8, 4) is 11.4 Å². The molecule has 1 aliphatic rings. The summed E-state index contributed by atoms with van der Waals surface area (Å²) in [4.78, 5) is 12.8. The van der Waals surface area contributed by atoms with Gasteiger partial charge >= 0.3 is 5.69 Å². The molecule has 7 nitrogen and oxygen atoms in total. The minimum atomic E-state index is -0.191. The van der Waals surface area contributed by atoms with E-state index in [4.69, 9.17) is 4.74 Å². The summed E-state index contributed by atoms with van der Waals surface area (Å²) in [6.07, 6.45) is 1.54. The van der Waals surface area contributed by atoms with Gasteiger partial charge in [0.2, 0.25) is 0 Å². The van der Waals surface area contributed by atoms with Crippen molar-refractivity contribution in [1.29, 1.82) is 0 Å². The Kier molecular flexibility index (Phi) is 4.55. The van der Waals surface area contributed by atoms with Crippen molar-refractivity contribution in [2.45, 2.75) is 12.5 Å². The molecule has 1 aromatic heterocycles. The maximum Gasteiger partial charge on any atom is 0.350 e. The number of rotatable bonds is 5. The Morgan fingerprint density at radius 3 is 2.65 bits per heavy atom. The van der Waals surface area contributed by atoms with E-state index in [1.54, 1.807) is 13.4 Å². The van der Waals surface area contributed by atoms with E-state index in [1.807, 2.05) is 48.5 Å². The fraction of sp³-hybridized carbons (Fsp3) is 0.263. The van der Waals surface area contributed by atoms with Crippen LogP contribution in [-0.4, -0.2) is 34.5 Å². The molecule has 134 valence electrons. The van der Waals surface area contributed by atoms with Gasteiger partial charge in [-0.1, -0.05) is 36.4 Å². The van der Waals surface area contributed by atoms with E-state index in [1.165, 1.54) is 14.8 Å². The van der Waals surface area contributed by atoms with E-state index >= 15 is 0 Å². The SMILES string of the molecule is COc1cc(C2CNNC2)ccc1-n1cnn(Cc2ccccc2)c1=O. The molecule has 2 N–H and O–H groups in total. The molecule has 1 fully saturated rings. The van der Waals surface area contributed by atoms with Gasteiger partial charge in [-0.2, -0.15) is 5.10 Å². The molecule has 2 heterocycles. The van der Waals surface area contributed by atoms with Crippen molar-refractivity contribution in [2.24, 2.45) is 0 Å². The van der Waals surface area contributed by atoms with Crippen molar-refractivity contribution in [2.75, 3.05) is 20.2 Å². The summed E-state index contributed by atoms with van der Waals surface area (Å²) in [5.74, 6) is 1.05. The summed E-state index contributed by atoms with van der Waals surface area (Å²) in [5.41, 5.74) is 8.97. The average molecular weight is 351 g/mol. The molecule has 0 radical (unpaired) electrons. The molecular weight excluding hydrogens is 330 g/mol. The van der Waals surface area contributed by atoms with Gasteiger partial charge in [0, 0.05) is 19.0 Å². The van der Waals surface area contributed by atoms with Gasteiger partial charge in [-0.25, -0.2) is 14.0 Å². The minimum absolute atomic E-state index is 0.191. The zero-order chi connectivity index (χ0) is 17.9. The number of hydrazine groups is 1. The van der Waals surface area contributed by atoms with Crippen LogP contribution in [0, 0.1) is 0 Å². The first-order chi connectivity index (χ1) is 12.8. The van der Waals surface area contributed by atoms with Crippen LogP contribution >= 0.6 is 0 Å². The predicted octanol–water partition coefficient (Wildman–Crippen LogP) is 1.28. The molecule has 7 heteroatoms. The first-order valence-corrected chi connectivity index (χ1v) is 8.58. The van der Waals surface area contributed by atoms with Crippen molar-refractivity contribution in [3.05, 3.63) is 76.5 Å². The molecule has 0 spiro atoms. The van der Waals surface area contributed by atoms with Crippen LogP contribution in [0.1, 0.15) is 17.0 Å². The fourth-order valence-corrected chi connectivity index (χ4v) is 3.21. The van der Waals surface area contributed by atoms with Crippen LogP contribution in [0.4, 0.5) is 0 Å². The lowest BCUT2D eigenvalue weighted by atomic mass is 9.99. The monoisotopic (exact) mass is 351 g/mol. The highest BCUT2D eigenvalue weighted by Gasteiger charge is 2.19. The quantitative estimate of drug-likeness (QED) is 0.725. The van der Waals surface area contributed by atoms with E-state index in [2.05, 4.69) is 16.0 Å². The maximum absolute atomic E-state index is 12.8. The van der Waals surface area contributed by atoms with Gasteiger partial charge in [-0.3, -0.25) is 10.9 Å². The van der Waals surface area contributed by atoms with E-state index < -0.39 is 0 Å². The Morgan fingerprint density at radius 1 is 1.15 bits per heavy atom. The third-order valence-electron chi connectivity index (χ3n) is 4.67. The van der Waals surface area contributed by atoms with E-state index in [0.717, 1.165) is 18.7 Å². The lowest BCUT2D eigenvalue weighted by Gasteiger charge is -2.13. The predicted molar refractivity (Wildman–Crippen MR) is 98.7 cm³/mol. The fourth-order valence-electron chi connectivity index (χ4n) is 3.21. The van der Waals surface area contributed by atoms with Gasteiger partial charge in [0.15, 0.2) is 0 Å². The number of methoxy groups -OCH3 is 1. The number of hydrogen-bond acceptors (Lipinski definition) is 5. The van der Waals surface area contributed by atoms with Gasteiger partial charge in [0.1, 0.15) is 12.1 Å².